The summed E-state index contributed by atoms with van der Waals surface area (Å²) in [5, 5.41) is 6.67. The van der Waals surface area contributed by atoms with Crippen LogP contribution in [0.1, 0.15) is 0 Å². The lowest BCUT2D eigenvalue weighted by atomic mass is 9.95. The Morgan fingerprint density at radius 2 is 0.918 bits per heavy atom. The van der Waals surface area contributed by atoms with Crippen LogP contribution in [0.2, 0.25) is 0 Å². The molecule has 0 aliphatic rings. The van der Waals surface area contributed by atoms with Crippen molar-refractivity contribution < 1.29 is 8.83 Å². The van der Waals surface area contributed by atoms with Crippen molar-refractivity contribution in [2.75, 3.05) is 4.90 Å². The molecule has 2 aromatic heterocycles. The second-order valence-electron chi connectivity index (χ2n) is 15.6. The Morgan fingerprint density at radius 1 is 0.328 bits per heavy atom. The lowest BCUT2D eigenvalue weighted by molar-refractivity contribution is 0.623. The average molecular weight is 781 g/mol. The molecular formula is C57H36N2O2. The number of nitrogens with zero attached hydrogens (tertiary/aromatic N) is 2. The van der Waals surface area contributed by atoms with Gasteiger partial charge >= 0.3 is 0 Å². The van der Waals surface area contributed by atoms with Gasteiger partial charge in [-0.3, -0.25) is 0 Å². The Morgan fingerprint density at radius 3 is 1.70 bits per heavy atom. The van der Waals surface area contributed by atoms with Crippen LogP contribution in [-0.2, 0) is 0 Å². The summed E-state index contributed by atoms with van der Waals surface area (Å²) in [7, 11) is 0. The van der Waals surface area contributed by atoms with Gasteiger partial charge in [-0.25, -0.2) is 4.98 Å². The van der Waals surface area contributed by atoms with Gasteiger partial charge in [0.15, 0.2) is 5.58 Å². The third-order valence-corrected chi connectivity index (χ3v) is 11.9. The van der Waals surface area contributed by atoms with Gasteiger partial charge in [0.2, 0.25) is 5.89 Å². The third kappa shape index (κ3) is 6.12. The van der Waals surface area contributed by atoms with Crippen molar-refractivity contribution in [1.29, 1.82) is 0 Å². The minimum Gasteiger partial charge on any atom is -0.456 e. The zero-order valence-electron chi connectivity index (χ0n) is 33.0. The van der Waals surface area contributed by atoms with Crippen LogP contribution in [0, 0.1) is 0 Å². The van der Waals surface area contributed by atoms with Crippen molar-refractivity contribution in [2.45, 2.75) is 0 Å². The highest BCUT2D eigenvalue weighted by Crippen LogP contribution is 2.42. The summed E-state index contributed by atoms with van der Waals surface area (Å²) in [6.07, 6.45) is 0. The summed E-state index contributed by atoms with van der Waals surface area (Å²) in [6, 6.07) is 77.1. The number of hydrogen-bond donors (Lipinski definition) is 0. The number of anilines is 3. The molecule has 0 saturated carbocycles. The molecule has 0 radical (unpaired) electrons. The molecule has 12 aromatic rings. The number of oxazole rings is 1. The molecule has 286 valence electrons. The Bertz CT molecular complexity index is 3570. The van der Waals surface area contributed by atoms with Gasteiger partial charge in [-0.15, -0.1) is 0 Å². The van der Waals surface area contributed by atoms with Gasteiger partial charge in [0.25, 0.3) is 0 Å². The average Bonchev–Trinajstić information content (AvgIpc) is 3.94. The quantitative estimate of drug-likeness (QED) is 0.162. The maximum atomic E-state index is 6.56. The summed E-state index contributed by atoms with van der Waals surface area (Å²) >= 11 is 0. The number of furan rings is 1. The van der Waals surface area contributed by atoms with Crippen molar-refractivity contribution in [1.82, 2.24) is 4.98 Å². The van der Waals surface area contributed by atoms with E-state index in [-0.39, 0.29) is 0 Å². The van der Waals surface area contributed by atoms with Crippen LogP contribution < -0.4 is 4.90 Å². The highest BCUT2D eigenvalue weighted by molar-refractivity contribution is 6.10. The van der Waals surface area contributed by atoms with E-state index in [0.29, 0.717) is 5.89 Å². The summed E-state index contributed by atoms with van der Waals surface area (Å²) < 4.78 is 12.8. The Hall–Kier alpha value is -8.21. The lowest BCUT2D eigenvalue weighted by Gasteiger charge is -2.26. The highest BCUT2D eigenvalue weighted by atomic mass is 16.3. The van der Waals surface area contributed by atoms with Crippen LogP contribution >= 0.6 is 0 Å². The van der Waals surface area contributed by atoms with Crippen LogP contribution in [0.25, 0.3) is 99.4 Å². The Kier molecular flexibility index (Phi) is 8.13. The maximum absolute atomic E-state index is 6.56. The molecule has 0 aliphatic heterocycles. The normalized spacial score (nSPS) is 11.6. The van der Waals surface area contributed by atoms with Crippen LogP contribution in [0.3, 0.4) is 0 Å². The van der Waals surface area contributed by atoms with Crippen LogP contribution in [0.4, 0.5) is 17.1 Å². The molecule has 0 fully saturated rings. The van der Waals surface area contributed by atoms with E-state index < -0.39 is 0 Å². The molecule has 0 unspecified atom stereocenters. The van der Waals surface area contributed by atoms with Crippen molar-refractivity contribution in [3.8, 4) is 44.8 Å². The van der Waals surface area contributed by atoms with Crippen molar-refractivity contribution in [2.24, 2.45) is 0 Å². The molecule has 0 spiro atoms. The number of fused-ring (bicyclic) bond motifs is 7. The van der Waals surface area contributed by atoms with Gasteiger partial charge in [0, 0.05) is 38.8 Å². The summed E-state index contributed by atoms with van der Waals surface area (Å²) in [5.41, 5.74) is 14.5. The second-order valence-corrected chi connectivity index (χ2v) is 15.6. The molecule has 4 heteroatoms. The lowest BCUT2D eigenvalue weighted by Crippen LogP contribution is -2.09. The molecule has 0 atom stereocenters. The van der Waals surface area contributed by atoms with E-state index >= 15 is 0 Å². The predicted molar refractivity (Wildman–Crippen MR) is 253 cm³/mol. The Labute approximate surface area is 352 Å². The first-order chi connectivity index (χ1) is 30.2. The SMILES string of the molecule is c1ccc(-c2ccc(-c3nc4ccc5c(-c6ccc7ccc(N(c8ccc(-c9ccccc9)cc8)c8ccc9oc%10ccccc%10c9c8)cc7c6)cccc5c4o3)cc2)cc1. The van der Waals surface area contributed by atoms with E-state index in [1.165, 1.54) is 22.1 Å². The number of para-hydroxylation sites is 1. The van der Waals surface area contributed by atoms with E-state index in [0.717, 1.165) is 88.5 Å². The van der Waals surface area contributed by atoms with E-state index in [4.69, 9.17) is 13.8 Å². The van der Waals surface area contributed by atoms with Gasteiger partial charge in [-0.05, 0) is 122 Å². The van der Waals surface area contributed by atoms with Crippen LogP contribution in [0.15, 0.2) is 227 Å². The number of rotatable bonds is 7. The fourth-order valence-corrected chi connectivity index (χ4v) is 8.83. The number of hydrogen-bond acceptors (Lipinski definition) is 4. The number of aromatic nitrogens is 1. The van der Waals surface area contributed by atoms with Gasteiger partial charge < -0.3 is 13.7 Å². The molecule has 10 aromatic carbocycles. The molecule has 0 bridgehead atoms. The molecular weight excluding hydrogens is 745 g/mol. The molecule has 0 aliphatic carbocycles. The van der Waals surface area contributed by atoms with Crippen molar-refractivity contribution >= 4 is 71.6 Å². The van der Waals surface area contributed by atoms with E-state index in [2.05, 4.69) is 205 Å². The monoisotopic (exact) mass is 780 g/mol. The second kappa shape index (κ2) is 14.3. The Balaban J connectivity index is 0.942. The van der Waals surface area contributed by atoms with Crippen molar-refractivity contribution in [3.63, 3.8) is 0 Å². The first kappa shape index (κ1) is 34.8. The largest absolute Gasteiger partial charge is 0.456 e. The maximum Gasteiger partial charge on any atom is 0.227 e. The molecule has 0 N–H and O–H groups in total. The van der Waals surface area contributed by atoms with Gasteiger partial charge in [0.1, 0.15) is 16.7 Å². The van der Waals surface area contributed by atoms with Gasteiger partial charge in [0.05, 0.1) is 0 Å². The fourth-order valence-electron chi connectivity index (χ4n) is 8.83. The van der Waals surface area contributed by atoms with Crippen LogP contribution in [0.5, 0.6) is 0 Å². The smallest absolute Gasteiger partial charge is 0.227 e. The molecule has 4 nitrogen and oxygen atoms in total. The zero-order chi connectivity index (χ0) is 40.3. The molecule has 61 heavy (non-hydrogen) atoms. The fraction of sp³-hybridized carbons (Fsp3) is 0. The molecule has 0 amide bonds. The predicted octanol–water partition coefficient (Wildman–Crippen LogP) is 16.2. The van der Waals surface area contributed by atoms with Gasteiger partial charge in [-0.2, -0.15) is 0 Å². The zero-order valence-corrected chi connectivity index (χ0v) is 33.0. The first-order valence-corrected chi connectivity index (χ1v) is 20.6. The first-order valence-electron chi connectivity index (χ1n) is 20.6. The topological polar surface area (TPSA) is 42.4 Å². The third-order valence-electron chi connectivity index (χ3n) is 11.9. The molecule has 12 rings (SSSR count). The minimum atomic E-state index is 0.616. The summed E-state index contributed by atoms with van der Waals surface area (Å²) in [5.74, 6) is 0.616. The molecule has 2 heterocycles. The standard InChI is InChI=1S/C57H36N2O2/c1-3-10-37(11-4-1)39-18-21-42(22-19-39)57-58-53-32-31-49-48(15-9-16-51(49)56(53)61-57)43-23-20-41-26-29-46(35-44(41)34-43)59(45-27-24-40(25-28-45)38-12-5-2-6-13-38)47-30-33-55-52(36-47)50-14-7-8-17-54(50)60-55/h1-36H. The van der Waals surface area contributed by atoms with E-state index in [9.17, 15) is 0 Å². The van der Waals surface area contributed by atoms with Crippen molar-refractivity contribution in [3.05, 3.63) is 218 Å². The summed E-state index contributed by atoms with van der Waals surface area (Å²) in [6.45, 7) is 0. The van der Waals surface area contributed by atoms with E-state index in [1.54, 1.807) is 0 Å². The minimum absolute atomic E-state index is 0.616. The summed E-state index contributed by atoms with van der Waals surface area (Å²) in [4.78, 5) is 7.27. The molecule has 0 saturated heterocycles. The van der Waals surface area contributed by atoms with E-state index in [1.807, 2.05) is 18.2 Å². The van der Waals surface area contributed by atoms with Gasteiger partial charge in [-0.1, -0.05) is 146 Å². The number of benzene rings is 10. The highest BCUT2D eigenvalue weighted by Gasteiger charge is 2.18. The van der Waals surface area contributed by atoms with Crippen LogP contribution in [-0.4, -0.2) is 4.98 Å².